The summed E-state index contributed by atoms with van der Waals surface area (Å²) >= 11 is 0. The van der Waals surface area contributed by atoms with Gasteiger partial charge in [-0.2, -0.15) is 0 Å². The number of aliphatic hydroxyl groups is 1. The third-order valence-electron chi connectivity index (χ3n) is 3.30. The molecule has 0 spiro atoms. The normalized spacial score (nSPS) is 17.8. The van der Waals surface area contributed by atoms with Gasteiger partial charge in [0.05, 0.1) is 11.3 Å². The maximum Gasteiger partial charge on any atom is 0.0904 e. The summed E-state index contributed by atoms with van der Waals surface area (Å²) in [6, 6.07) is 0. The molecule has 0 aliphatic carbocycles. The predicted octanol–water partition coefficient (Wildman–Crippen LogP) is 3.93. The minimum Gasteiger partial charge on any atom is -0.513 e. The van der Waals surface area contributed by atoms with Crippen LogP contribution in [0.15, 0.2) is 35.8 Å². The summed E-state index contributed by atoms with van der Waals surface area (Å²) in [6.07, 6.45) is 3.69. The zero-order valence-electron chi connectivity index (χ0n) is 11.4. The number of allylic oxidation sites excluding steroid dienone is 4. The first kappa shape index (κ1) is 14.8. The van der Waals surface area contributed by atoms with Crippen molar-refractivity contribution in [2.75, 3.05) is 0 Å². The molecule has 0 radical (unpaired) electrons. The Bertz CT molecular complexity index is 309. The zero-order chi connectivity index (χ0) is 12.9. The highest BCUT2D eigenvalue weighted by molar-refractivity contribution is 5.23. The van der Waals surface area contributed by atoms with Gasteiger partial charge in [-0.25, -0.2) is 0 Å². The third-order valence-corrected chi connectivity index (χ3v) is 3.30. The SMILES string of the molecule is C=C/C=C(/C)NC(C)(/C(C)=C(\C)O)C(C)C. The fraction of sp³-hybridized carbons (Fsp3) is 0.571. The van der Waals surface area contributed by atoms with Gasteiger partial charge in [0.25, 0.3) is 0 Å². The Labute approximate surface area is 99.8 Å². The second kappa shape index (κ2) is 5.78. The smallest absolute Gasteiger partial charge is 0.0904 e. The van der Waals surface area contributed by atoms with Crippen molar-refractivity contribution in [1.29, 1.82) is 0 Å². The van der Waals surface area contributed by atoms with Crippen molar-refractivity contribution in [2.45, 2.75) is 47.1 Å². The van der Waals surface area contributed by atoms with Gasteiger partial charge < -0.3 is 10.4 Å². The molecule has 0 saturated heterocycles. The van der Waals surface area contributed by atoms with Crippen molar-refractivity contribution in [3.63, 3.8) is 0 Å². The molecule has 16 heavy (non-hydrogen) atoms. The van der Waals surface area contributed by atoms with Crippen molar-refractivity contribution in [3.8, 4) is 0 Å². The molecule has 2 heteroatoms. The zero-order valence-corrected chi connectivity index (χ0v) is 11.4. The van der Waals surface area contributed by atoms with E-state index in [0.717, 1.165) is 11.3 Å². The molecule has 1 unspecified atom stereocenters. The van der Waals surface area contributed by atoms with E-state index in [1.54, 1.807) is 13.0 Å². The highest BCUT2D eigenvalue weighted by Crippen LogP contribution is 2.28. The number of nitrogens with one attached hydrogen (secondary N) is 1. The van der Waals surface area contributed by atoms with E-state index in [9.17, 15) is 5.11 Å². The third kappa shape index (κ3) is 3.44. The van der Waals surface area contributed by atoms with Gasteiger partial charge in [-0.05, 0) is 45.3 Å². The Morgan fingerprint density at radius 2 is 1.81 bits per heavy atom. The second-order valence-corrected chi connectivity index (χ2v) is 4.78. The average Bonchev–Trinajstić information content (AvgIpc) is 2.16. The van der Waals surface area contributed by atoms with Crippen LogP contribution in [0.4, 0.5) is 0 Å². The molecule has 0 heterocycles. The molecule has 0 aromatic heterocycles. The van der Waals surface area contributed by atoms with E-state index in [-0.39, 0.29) is 5.54 Å². The molecule has 0 rings (SSSR count). The molecule has 2 nitrogen and oxygen atoms in total. The van der Waals surface area contributed by atoms with Crippen LogP contribution in [0.5, 0.6) is 0 Å². The Morgan fingerprint density at radius 1 is 1.31 bits per heavy atom. The topological polar surface area (TPSA) is 32.3 Å². The molecular formula is C14H25NO. The lowest BCUT2D eigenvalue weighted by molar-refractivity contribution is 0.309. The van der Waals surface area contributed by atoms with Crippen LogP contribution < -0.4 is 5.32 Å². The lowest BCUT2D eigenvalue weighted by Gasteiger charge is -2.37. The van der Waals surface area contributed by atoms with Crippen molar-refractivity contribution >= 4 is 0 Å². The molecule has 0 aromatic rings. The van der Waals surface area contributed by atoms with Gasteiger partial charge in [-0.3, -0.25) is 0 Å². The molecule has 0 bridgehead atoms. The van der Waals surface area contributed by atoms with Gasteiger partial charge in [0, 0.05) is 5.70 Å². The van der Waals surface area contributed by atoms with E-state index in [1.165, 1.54) is 0 Å². The van der Waals surface area contributed by atoms with E-state index >= 15 is 0 Å². The summed E-state index contributed by atoms with van der Waals surface area (Å²) in [6.45, 7) is 15.8. The first-order valence-corrected chi connectivity index (χ1v) is 5.70. The summed E-state index contributed by atoms with van der Waals surface area (Å²) in [5, 5.41) is 13.1. The van der Waals surface area contributed by atoms with Crippen LogP contribution in [0.3, 0.4) is 0 Å². The Morgan fingerprint density at radius 3 is 2.12 bits per heavy atom. The van der Waals surface area contributed by atoms with Crippen molar-refractivity contribution in [3.05, 3.63) is 35.8 Å². The summed E-state index contributed by atoms with van der Waals surface area (Å²) < 4.78 is 0. The molecular weight excluding hydrogens is 198 g/mol. The van der Waals surface area contributed by atoms with Gasteiger partial charge in [-0.1, -0.05) is 26.5 Å². The van der Waals surface area contributed by atoms with Crippen LogP contribution in [-0.2, 0) is 0 Å². The van der Waals surface area contributed by atoms with E-state index in [2.05, 4.69) is 32.7 Å². The second-order valence-electron chi connectivity index (χ2n) is 4.78. The highest BCUT2D eigenvalue weighted by Gasteiger charge is 2.31. The number of aliphatic hydroxyl groups excluding tert-OH is 1. The molecule has 1 atom stereocenters. The molecule has 0 amide bonds. The van der Waals surface area contributed by atoms with Gasteiger partial charge in [0.2, 0.25) is 0 Å². The monoisotopic (exact) mass is 223 g/mol. The van der Waals surface area contributed by atoms with Gasteiger partial charge in [-0.15, -0.1) is 0 Å². The largest absolute Gasteiger partial charge is 0.513 e. The maximum absolute atomic E-state index is 9.65. The Hall–Kier alpha value is -1.18. The van der Waals surface area contributed by atoms with Crippen molar-refractivity contribution in [1.82, 2.24) is 5.32 Å². The minimum absolute atomic E-state index is 0.234. The summed E-state index contributed by atoms with van der Waals surface area (Å²) in [5.74, 6) is 0.762. The summed E-state index contributed by atoms with van der Waals surface area (Å²) in [7, 11) is 0. The fourth-order valence-electron chi connectivity index (χ4n) is 1.67. The molecule has 0 saturated carbocycles. The summed E-state index contributed by atoms with van der Waals surface area (Å²) in [5.41, 5.74) is 1.79. The standard InChI is InChI=1S/C14H25NO/c1-8-9-11(4)15-14(7,10(2)3)12(5)13(6)16/h8-10,15-16H,1H2,2-7H3/b11-9-,13-12+. The first-order chi connectivity index (χ1) is 7.25. The van der Waals surface area contributed by atoms with E-state index in [4.69, 9.17) is 0 Å². The average molecular weight is 223 g/mol. The quantitative estimate of drug-likeness (QED) is 0.546. The van der Waals surface area contributed by atoms with Gasteiger partial charge in [0.1, 0.15) is 0 Å². The van der Waals surface area contributed by atoms with E-state index in [1.807, 2.05) is 19.9 Å². The van der Waals surface area contributed by atoms with Crippen LogP contribution in [0.25, 0.3) is 0 Å². The summed E-state index contributed by atoms with van der Waals surface area (Å²) in [4.78, 5) is 0. The number of hydrogen-bond acceptors (Lipinski definition) is 2. The molecule has 92 valence electrons. The molecule has 2 N–H and O–H groups in total. The Balaban J connectivity index is 5.23. The minimum atomic E-state index is -0.234. The fourth-order valence-corrected chi connectivity index (χ4v) is 1.67. The number of hydrogen-bond donors (Lipinski definition) is 2. The first-order valence-electron chi connectivity index (χ1n) is 5.70. The predicted molar refractivity (Wildman–Crippen MR) is 71.3 cm³/mol. The van der Waals surface area contributed by atoms with Crippen LogP contribution in [0.1, 0.15) is 41.5 Å². The van der Waals surface area contributed by atoms with E-state index in [0.29, 0.717) is 11.7 Å². The number of rotatable bonds is 5. The van der Waals surface area contributed by atoms with Crippen molar-refractivity contribution in [2.24, 2.45) is 5.92 Å². The van der Waals surface area contributed by atoms with Gasteiger partial charge in [0.15, 0.2) is 0 Å². The van der Waals surface area contributed by atoms with Crippen LogP contribution in [0.2, 0.25) is 0 Å². The lowest BCUT2D eigenvalue weighted by atomic mass is 9.81. The molecule has 0 aromatic carbocycles. The molecule has 0 aliphatic rings. The molecule has 0 aliphatic heterocycles. The van der Waals surface area contributed by atoms with Crippen LogP contribution >= 0.6 is 0 Å². The van der Waals surface area contributed by atoms with Gasteiger partial charge >= 0.3 is 0 Å². The Kier molecular flexibility index (Phi) is 5.36. The molecule has 0 fully saturated rings. The van der Waals surface area contributed by atoms with Crippen LogP contribution in [0, 0.1) is 5.92 Å². The van der Waals surface area contributed by atoms with E-state index < -0.39 is 0 Å². The lowest BCUT2D eigenvalue weighted by Crippen LogP contribution is -2.47. The highest BCUT2D eigenvalue weighted by atomic mass is 16.3. The van der Waals surface area contributed by atoms with Crippen LogP contribution in [-0.4, -0.2) is 10.6 Å². The van der Waals surface area contributed by atoms with Crippen molar-refractivity contribution < 1.29 is 5.11 Å². The maximum atomic E-state index is 9.65.